The first-order valence-corrected chi connectivity index (χ1v) is 4.10. The molecule has 2 heteroatoms. The summed E-state index contributed by atoms with van der Waals surface area (Å²) in [6.45, 7) is 5.15. The SMILES string of the molecule is C/C=C\C=NC(C)CCNC. The van der Waals surface area contributed by atoms with Gasteiger partial charge in [0.15, 0.2) is 0 Å². The van der Waals surface area contributed by atoms with Crippen molar-refractivity contribution in [3.63, 3.8) is 0 Å². The van der Waals surface area contributed by atoms with E-state index in [0.717, 1.165) is 13.0 Å². The van der Waals surface area contributed by atoms with Crippen LogP contribution in [0.3, 0.4) is 0 Å². The van der Waals surface area contributed by atoms with E-state index in [-0.39, 0.29) is 0 Å². The predicted octanol–water partition coefficient (Wildman–Crippen LogP) is 1.63. The normalized spacial score (nSPS) is 14.8. The number of hydrogen-bond acceptors (Lipinski definition) is 2. The van der Waals surface area contributed by atoms with Gasteiger partial charge in [-0.05, 0) is 39.9 Å². The van der Waals surface area contributed by atoms with Crippen LogP contribution in [-0.4, -0.2) is 25.8 Å². The summed E-state index contributed by atoms with van der Waals surface area (Å²) in [6, 6.07) is 0.429. The fourth-order valence-electron chi connectivity index (χ4n) is 0.710. The van der Waals surface area contributed by atoms with E-state index in [1.165, 1.54) is 0 Å². The molecular weight excluding hydrogens is 136 g/mol. The molecule has 0 aromatic carbocycles. The van der Waals surface area contributed by atoms with Crippen LogP contribution in [0.15, 0.2) is 17.1 Å². The number of nitrogens with one attached hydrogen (secondary N) is 1. The van der Waals surface area contributed by atoms with Gasteiger partial charge in [0, 0.05) is 12.3 Å². The largest absolute Gasteiger partial charge is 0.320 e. The lowest BCUT2D eigenvalue weighted by Crippen LogP contribution is -2.13. The van der Waals surface area contributed by atoms with Crippen LogP contribution in [-0.2, 0) is 0 Å². The summed E-state index contributed by atoms with van der Waals surface area (Å²) in [6.07, 6.45) is 6.90. The second-order valence-corrected chi connectivity index (χ2v) is 2.57. The molecule has 1 atom stereocenters. The molecule has 0 aliphatic rings. The second-order valence-electron chi connectivity index (χ2n) is 2.57. The maximum absolute atomic E-state index is 4.30. The van der Waals surface area contributed by atoms with Gasteiger partial charge in [0.25, 0.3) is 0 Å². The smallest absolute Gasteiger partial charge is 0.0483 e. The Labute approximate surface area is 69.4 Å². The first-order chi connectivity index (χ1) is 5.31. The Hall–Kier alpha value is -0.630. The molecule has 0 radical (unpaired) electrons. The predicted molar refractivity (Wildman–Crippen MR) is 51.3 cm³/mol. The van der Waals surface area contributed by atoms with E-state index in [2.05, 4.69) is 17.2 Å². The van der Waals surface area contributed by atoms with Crippen LogP contribution < -0.4 is 5.32 Å². The number of aliphatic imine (C=N–C) groups is 1. The number of allylic oxidation sites excluding steroid dienone is 2. The fourth-order valence-corrected chi connectivity index (χ4v) is 0.710. The molecule has 0 heterocycles. The van der Waals surface area contributed by atoms with Crippen molar-refractivity contribution in [2.45, 2.75) is 26.3 Å². The van der Waals surface area contributed by atoms with Gasteiger partial charge in [0.05, 0.1) is 0 Å². The Morgan fingerprint density at radius 3 is 2.82 bits per heavy atom. The van der Waals surface area contributed by atoms with Crippen molar-refractivity contribution < 1.29 is 0 Å². The summed E-state index contributed by atoms with van der Waals surface area (Å²) in [5, 5.41) is 3.10. The molecule has 0 fully saturated rings. The summed E-state index contributed by atoms with van der Waals surface area (Å²) in [5.74, 6) is 0. The molecule has 0 bridgehead atoms. The average molecular weight is 154 g/mol. The molecule has 0 aromatic rings. The summed E-state index contributed by atoms with van der Waals surface area (Å²) >= 11 is 0. The molecule has 0 amide bonds. The Morgan fingerprint density at radius 2 is 2.27 bits per heavy atom. The minimum absolute atomic E-state index is 0.429. The molecule has 0 rings (SSSR count). The van der Waals surface area contributed by atoms with Gasteiger partial charge in [-0.1, -0.05) is 6.08 Å². The summed E-state index contributed by atoms with van der Waals surface area (Å²) in [7, 11) is 1.96. The van der Waals surface area contributed by atoms with Crippen LogP contribution in [0.25, 0.3) is 0 Å². The van der Waals surface area contributed by atoms with Crippen LogP contribution in [0.1, 0.15) is 20.3 Å². The molecule has 0 saturated heterocycles. The van der Waals surface area contributed by atoms with Crippen molar-refractivity contribution in [1.82, 2.24) is 5.32 Å². The van der Waals surface area contributed by atoms with Crippen molar-refractivity contribution in [1.29, 1.82) is 0 Å². The van der Waals surface area contributed by atoms with E-state index >= 15 is 0 Å². The topological polar surface area (TPSA) is 24.4 Å². The molecule has 0 aromatic heterocycles. The van der Waals surface area contributed by atoms with Crippen molar-refractivity contribution in [2.24, 2.45) is 4.99 Å². The van der Waals surface area contributed by atoms with Gasteiger partial charge in [-0.2, -0.15) is 0 Å². The molecule has 64 valence electrons. The highest BCUT2D eigenvalue weighted by molar-refractivity contribution is 5.70. The van der Waals surface area contributed by atoms with E-state index in [4.69, 9.17) is 0 Å². The fraction of sp³-hybridized carbons (Fsp3) is 0.667. The maximum atomic E-state index is 4.30. The van der Waals surface area contributed by atoms with Gasteiger partial charge in [-0.3, -0.25) is 4.99 Å². The zero-order valence-corrected chi connectivity index (χ0v) is 7.67. The summed E-state index contributed by atoms with van der Waals surface area (Å²) in [4.78, 5) is 4.30. The molecule has 0 aliphatic heterocycles. The zero-order chi connectivity index (χ0) is 8.53. The Bertz CT molecular complexity index is 128. The van der Waals surface area contributed by atoms with Gasteiger partial charge in [-0.25, -0.2) is 0 Å². The highest BCUT2D eigenvalue weighted by atomic mass is 14.8. The number of nitrogens with zero attached hydrogens (tertiary/aromatic N) is 1. The van der Waals surface area contributed by atoms with E-state index in [0.29, 0.717) is 6.04 Å². The van der Waals surface area contributed by atoms with Crippen molar-refractivity contribution >= 4 is 6.21 Å². The Balaban J connectivity index is 3.42. The number of hydrogen-bond donors (Lipinski definition) is 1. The average Bonchev–Trinajstić information content (AvgIpc) is 2.01. The van der Waals surface area contributed by atoms with Crippen molar-refractivity contribution in [3.8, 4) is 0 Å². The molecule has 0 saturated carbocycles. The first-order valence-electron chi connectivity index (χ1n) is 4.10. The van der Waals surface area contributed by atoms with Gasteiger partial charge in [-0.15, -0.1) is 0 Å². The standard InChI is InChI=1S/C9H18N2/c1-4-5-7-11-9(2)6-8-10-3/h4-5,7,9-10H,6,8H2,1-3H3/b5-4-,11-7?. The summed E-state index contributed by atoms with van der Waals surface area (Å²) in [5.41, 5.74) is 0. The lowest BCUT2D eigenvalue weighted by atomic mass is 10.2. The van der Waals surface area contributed by atoms with Crippen LogP contribution in [0.5, 0.6) is 0 Å². The monoisotopic (exact) mass is 154 g/mol. The third kappa shape index (κ3) is 7.26. The molecule has 0 spiro atoms. The van der Waals surface area contributed by atoms with Crippen LogP contribution in [0, 0.1) is 0 Å². The molecular formula is C9H18N2. The molecule has 0 aliphatic carbocycles. The Kier molecular flexibility index (Phi) is 7.05. The minimum Gasteiger partial charge on any atom is -0.320 e. The quantitative estimate of drug-likeness (QED) is 0.598. The molecule has 2 nitrogen and oxygen atoms in total. The van der Waals surface area contributed by atoms with Crippen molar-refractivity contribution in [2.75, 3.05) is 13.6 Å². The van der Waals surface area contributed by atoms with E-state index in [1.54, 1.807) is 0 Å². The lowest BCUT2D eigenvalue weighted by molar-refractivity contribution is 0.631. The van der Waals surface area contributed by atoms with Gasteiger partial charge >= 0.3 is 0 Å². The second kappa shape index (κ2) is 7.48. The van der Waals surface area contributed by atoms with Crippen LogP contribution in [0.2, 0.25) is 0 Å². The van der Waals surface area contributed by atoms with Gasteiger partial charge in [0.2, 0.25) is 0 Å². The zero-order valence-electron chi connectivity index (χ0n) is 7.67. The van der Waals surface area contributed by atoms with Gasteiger partial charge in [0.1, 0.15) is 0 Å². The van der Waals surface area contributed by atoms with E-state index in [1.807, 2.05) is 32.3 Å². The van der Waals surface area contributed by atoms with E-state index in [9.17, 15) is 0 Å². The summed E-state index contributed by atoms with van der Waals surface area (Å²) < 4.78 is 0. The van der Waals surface area contributed by atoms with E-state index < -0.39 is 0 Å². The third-order valence-electron chi connectivity index (χ3n) is 1.43. The van der Waals surface area contributed by atoms with Crippen LogP contribution >= 0.6 is 0 Å². The minimum atomic E-state index is 0.429. The lowest BCUT2D eigenvalue weighted by Gasteiger charge is -2.03. The molecule has 1 N–H and O–H groups in total. The highest BCUT2D eigenvalue weighted by Crippen LogP contribution is 1.93. The molecule has 11 heavy (non-hydrogen) atoms. The maximum Gasteiger partial charge on any atom is 0.0483 e. The number of rotatable bonds is 5. The molecule has 1 unspecified atom stereocenters. The van der Waals surface area contributed by atoms with Gasteiger partial charge < -0.3 is 5.32 Å². The third-order valence-corrected chi connectivity index (χ3v) is 1.43. The van der Waals surface area contributed by atoms with Crippen molar-refractivity contribution in [3.05, 3.63) is 12.2 Å². The Morgan fingerprint density at radius 1 is 1.55 bits per heavy atom. The highest BCUT2D eigenvalue weighted by Gasteiger charge is 1.93. The van der Waals surface area contributed by atoms with Crippen LogP contribution in [0.4, 0.5) is 0 Å². The first kappa shape index (κ1) is 10.4.